The van der Waals surface area contributed by atoms with Crippen LogP contribution in [0.25, 0.3) is 0 Å². The number of amides is 2. The molecule has 3 aromatic rings. The second-order valence-electron chi connectivity index (χ2n) is 7.54. The van der Waals surface area contributed by atoms with Crippen LogP contribution in [0, 0.1) is 0 Å². The van der Waals surface area contributed by atoms with Crippen LogP contribution in [0.3, 0.4) is 0 Å². The number of ether oxygens (including phenoxy) is 1. The molecule has 172 valence electrons. The molecule has 2 amide bonds. The predicted octanol–water partition coefficient (Wildman–Crippen LogP) is 3.23. The number of hydrogen-bond acceptors (Lipinski definition) is 5. The third-order valence-electron chi connectivity index (χ3n) is 4.77. The third kappa shape index (κ3) is 6.81. The van der Waals surface area contributed by atoms with Crippen LogP contribution in [0.2, 0.25) is 0 Å². The number of rotatable bonds is 9. The highest BCUT2D eigenvalue weighted by molar-refractivity contribution is 7.92. The average molecular weight is 468 g/mol. The van der Waals surface area contributed by atoms with Crippen molar-refractivity contribution in [2.75, 3.05) is 11.0 Å². The lowest BCUT2D eigenvalue weighted by Crippen LogP contribution is -2.26. The summed E-state index contributed by atoms with van der Waals surface area (Å²) in [6, 6.07) is 20.1. The van der Waals surface area contributed by atoms with E-state index in [1.54, 1.807) is 66.7 Å². The number of anilines is 1. The Hall–Kier alpha value is -3.85. The molecule has 0 saturated heterocycles. The Kier molecular flexibility index (Phi) is 7.34. The van der Waals surface area contributed by atoms with Crippen molar-refractivity contribution in [1.82, 2.24) is 5.32 Å². The molecule has 33 heavy (non-hydrogen) atoms. The van der Waals surface area contributed by atoms with Crippen LogP contribution >= 0.6 is 0 Å². The van der Waals surface area contributed by atoms with Gasteiger partial charge in [-0.1, -0.05) is 36.4 Å². The molecule has 0 fully saturated rings. The quantitative estimate of drug-likeness (QED) is 0.445. The van der Waals surface area contributed by atoms with E-state index in [0.29, 0.717) is 17.0 Å². The van der Waals surface area contributed by atoms with E-state index in [0.717, 1.165) is 17.4 Å². The molecule has 8 nitrogen and oxygen atoms in total. The van der Waals surface area contributed by atoms with Gasteiger partial charge in [-0.05, 0) is 54.4 Å². The fourth-order valence-electron chi connectivity index (χ4n) is 3.21. The van der Waals surface area contributed by atoms with Gasteiger partial charge < -0.3 is 15.8 Å². The summed E-state index contributed by atoms with van der Waals surface area (Å²) in [5.41, 5.74) is 8.02. The van der Waals surface area contributed by atoms with Crippen molar-refractivity contribution < 1.29 is 22.7 Å². The van der Waals surface area contributed by atoms with Crippen LogP contribution in [-0.4, -0.2) is 26.5 Å². The van der Waals surface area contributed by atoms with E-state index in [4.69, 9.17) is 10.5 Å². The fourth-order valence-corrected chi connectivity index (χ4v) is 3.76. The van der Waals surface area contributed by atoms with Gasteiger partial charge in [-0.15, -0.1) is 0 Å². The van der Waals surface area contributed by atoms with Crippen molar-refractivity contribution in [3.05, 3.63) is 95.1 Å². The molecular formula is C24H25N3O5S. The van der Waals surface area contributed by atoms with Crippen LogP contribution in [0.1, 0.15) is 44.8 Å². The third-order valence-corrected chi connectivity index (χ3v) is 5.38. The Morgan fingerprint density at radius 2 is 1.73 bits per heavy atom. The molecular weight excluding hydrogens is 442 g/mol. The van der Waals surface area contributed by atoms with Crippen molar-refractivity contribution >= 4 is 27.5 Å². The first-order valence-electron chi connectivity index (χ1n) is 10.1. The van der Waals surface area contributed by atoms with Crippen LogP contribution in [0.15, 0.2) is 72.8 Å². The Balaban J connectivity index is 1.67. The average Bonchev–Trinajstić information content (AvgIpc) is 2.77. The van der Waals surface area contributed by atoms with Gasteiger partial charge in [0.2, 0.25) is 10.0 Å². The zero-order chi connectivity index (χ0) is 24.0. The minimum atomic E-state index is -3.40. The minimum absolute atomic E-state index is 0.153. The number of nitrogens with one attached hydrogen (secondary N) is 2. The minimum Gasteiger partial charge on any atom is -0.488 e. The molecule has 0 aliphatic carbocycles. The zero-order valence-corrected chi connectivity index (χ0v) is 19.1. The number of sulfonamides is 1. The summed E-state index contributed by atoms with van der Waals surface area (Å²) in [4.78, 5) is 24.3. The molecule has 0 radical (unpaired) electrons. The first-order valence-corrected chi connectivity index (χ1v) is 12.0. The van der Waals surface area contributed by atoms with Crippen LogP contribution in [0.5, 0.6) is 5.75 Å². The van der Waals surface area contributed by atoms with Gasteiger partial charge in [0.1, 0.15) is 12.4 Å². The molecule has 3 aromatic carbocycles. The lowest BCUT2D eigenvalue weighted by Gasteiger charge is -2.16. The molecule has 0 saturated carbocycles. The Labute approximate surface area is 192 Å². The van der Waals surface area contributed by atoms with E-state index in [9.17, 15) is 18.0 Å². The maximum atomic E-state index is 12.8. The van der Waals surface area contributed by atoms with Gasteiger partial charge in [0, 0.05) is 11.3 Å². The predicted molar refractivity (Wildman–Crippen MR) is 127 cm³/mol. The van der Waals surface area contributed by atoms with Crippen LogP contribution in [0.4, 0.5) is 5.69 Å². The Morgan fingerprint density at radius 1 is 1.00 bits per heavy atom. The lowest BCUT2D eigenvalue weighted by molar-refractivity contribution is 0.0938. The molecule has 0 aliphatic heterocycles. The molecule has 0 aromatic heterocycles. The topological polar surface area (TPSA) is 128 Å². The van der Waals surface area contributed by atoms with E-state index < -0.39 is 15.9 Å². The number of para-hydroxylation sites is 1. The molecule has 4 N–H and O–H groups in total. The summed E-state index contributed by atoms with van der Waals surface area (Å²) < 4.78 is 31.1. The van der Waals surface area contributed by atoms with Gasteiger partial charge in [-0.3, -0.25) is 14.3 Å². The summed E-state index contributed by atoms with van der Waals surface area (Å²) in [7, 11) is -3.40. The van der Waals surface area contributed by atoms with Gasteiger partial charge in [0.25, 0.3) is 11.8 Å². The molecule has 9 heteroatoms. The van der Waals surface area contributed by atoms with E-state index >= 15 is 0 Å². The number of primary amides is 1. The number of hydrogen-bond donors (Lipinski definition) is 3. The van der Waals surface area contributed by atoms with E-state index in [1.807, 2.05) is 13.0 Å². The van der Waals surface area contributed by atoms with Crippen LogP contribution in [-0.2, 0) is 16.6 Å². The molecule has 0 bridgehead atoms. The van der Waals surface area contributed by atoms with Gasteiger partial charge in [-0.2, -0.15) is 0 Å². The van der Waals surface area contributed by atoms with E-state index in [-0.39, 0.29) is 24.1 Å². The number of carbonyl (C=O) groups is 2. The molecule has 1 atom stereocenters. The fraction of sp³-hybridized carbons (Fsp3) is 0.167. The maximum Gasteiger partial charge on any atom is 0.252 e. The molecule has 1 unspecified atom stereocenters. The normalized spacial score (nSPS) is 11.9. The highest BCUT2D eigenvalue weighted by Gasteiger charge is 2.14. The number of carbonyl (C=O) groups excluding carboxylic acids is 2. The summed E-state index contributed by atoms with van der Waals surface area (Å²) >= 11 is 0. The summed E-state index contributed by atoms with van der Waals surface area (Å²) in [6.07, 6.45) is 1.08. The first-order chi connectivity index (χ1) is 15.6. The van der Waals surface area contributed by atoms with Crippen molar-refractivity contribution in [2.24, 2.45) is 5.73 Å². The second kappa shape index (κ2) is 10.2. The highest BCUT2D eigenvalue weighted by atomic mass is 32.2. The maximum absolute atomic E-state index is 12.8. The Bertz CT molecular complexity index is 1270. The van der Waals surface area contributed by atoms with E-state index in [2.05, 4.69) is 10.0 Å². The SMILES string of the molecule is CC(NC(=O)c1cccc(COc2ccccc2C(N)=O)c1)c1cccc(NS(C)(=O)=O)c1. The largest absolute Gasteiger partial charge is 0.488 e. The number of benzene rings is 3. The molecule has 0 heterocycles. The Morgan fingerprint density at radius 3 is 2.45 bits per heavy atom. The summed E-state index contributed by atoms with van der Waals surface area (Å²) in [6.45, 7) is 1.96. The number of nitrogens with two attached hydrogens (primary N) is 1. The highest BCUT2D eigenvalue weighted by Crippen LogP contribution is 2.21. The first kappa shape index (κ1) is 23.8. The van der Waals surface area contributed by atoms with Crippen molar-refractivity contribution in [1.29, 1.82) is 0 Å². The van der Waals surface area contributed by atoms with Crippen molar-refractivity contribution in [3.63, 3.8) is 0 Å². The monoisotopic (exact) mass is 467 g/mol. The standard InChI is InChI=1S/C24H25N3O5S/c1-16(18-8-6-10-20(14-18)27-33(2,30)31)26-24(29)19-9-5-7-17(13-19)15-32-22-12-4-3-11-21(22)23(25)28/h3-14,16,27H,15H2,1-2H3,(H2,25,28)(H,26,29). The lowest BCUT2D eigenvalue weighted by atomic mass is 10.1. The van der Waals surface area contributed by atoms with E-state index in [1.165, 1.54) is 0 Å². The summed E-state index contributed by atoms with van der Waals surface area (Å²) in [5.74, 6) is -0.497. The molecule has 0 aliphatic rings. The second-order valence-corrected chi connectivity index (χ2v) is 9.29. The van der Waals surface area contributed by atoms with Crippen molar-refractivity contribution in [2.45, 2.75) is 19.6 Å². The van der Waals surface area contributed by atoms with Gasteiger partial charge in [0.05, 0.1) is 17.9 Å². The van der Waals surface area contributed by atoms with Crippen LogP contribution < -0.4 is 20.5 Å². The van der Waals surface area contributed by atoms with Gasteiger partial charge in [-0.25, -0.2) is 8.42 Å². The van der Waals surface area contributed by atoms with Crippen molar-refractivity contribution in [3.8, 4) is 5.75 Å². The van der Waals surface area contributed by atoms with Gasteiger partial charge in [0.15, 0.2) is 0 Å². The zero-order valence-electron chi connectivity index (χ0n) is 18.2. The smallest absolute Gasteiger partial charge is 0.252 e. The summed E-state index contributed by atoms with van der Waals surface area (Å²) in [5, 5.41) is 2.91. The van der Waals surface area contributed by atoms with Gasteiger partial charge >= 0.3 is 0 Å². The molecule has 3 rings (SSSR count). The molecule has 0 spiro atoms.